The Morgan fingerprint density at radius 3 is 2.12 bits per heavy atom. The first-order chi connectivity index (χ1) is 19.8. The van der Waals surface area contributed by atoms with Crippen LogP contribution in [-0.4, -0.2) is 11.1 Å². The molecule has 0 saturated heterocycles. The summed E-state index contributed by atoms with van der Waals surface area (Å²) in [5, 5.41) is 9.76. The highest BCUT2D eigenvalue weighted by Gasteiger charge is 2.31. The molecule has 1 heterocycles. The molecule has 2 aliphatic rings. The van der Waals surface area contributed by atoms with Crippen LogP contribution in [-0.2, 0) is 22.0 Å². The molecule has 3 aromatic carbocycles. The molecular formula is C38H42O4. The number of ether oxygens (including phenoxy) is 2. The van der Waals surface area contributed by atoms with Crippen LogP contribution in [0.4, 0.5) is 0 Å². The SMILES string of the molecule is CCC(C)(C)C(=O)Oc1ccc(C(C)(C)C2=CCC=C3Oc4ccc(C(C)(C)c5ccc(O)cc5)cc4CC3=C2)cc1. The predicted molar refractivity (Wildman–Crippen MR) is 169 cm³/mol. The number of esters is 1. The molecule has 218 valence electrons. The number of phenols is 1. The molecule has 4 heteroatoms. The second-order valence-electron chi connectivity index (χ2n) is 13.2. The molecule has 5 rings (SSSR count). The fraction of sp³-hybridized carbons (Fsp3) is 0.342. The molecule has 0 atom stereocenters. The minimum absolute atomic E-state index is 0.209. The van der Waals surface area contributed by atoms with E-state index in [1.165, 1.54) is 22.3 Å². The molecule has 0 unspecified atom stereocenters. The van der Waals surface area contributed by atoms with Crippen molar-refractivity contribution in [1.29, 1.82) is 0 Å². The summed E-state index contributed by atoms with van der Waals surface area (Å²) in [5.41, 5.74) is 6.08. The molecule has 4 nitrogen and oxygen atoms in total. The summed E-state index contributed by atoms with van der Waals surface area (Å²) in [6, 6.07) is 21.9. The Kier molecular flexibility index (Phi) is 7.70. The van der Waals surface area contributed by atoms with Crippen molar-refractivity contribution in [3.05, 3.63) is 124 Å². The maximum Gasteiger partial charge on any atom is 0.316 e. The third-order valence-corrected chi connectivity index (χ3v) is 9.20. The normalized spacial score (nSPS) is 15.3. The Hall–Kier alpha value is -4.05. The molecule has 1 N–H and O–H groups in total. The van der Waals surface area contributed by atoms with Crippen molar-refractivity contribution in [2.75, 3.05) is 0 Å². The number of benzene rings is 3. The molecule has 0 saturated carbocycles. The maximum absolute atomic E-state index is 12.5. The molecule has 3 aromatic rings. The lowest BCUT2D eigenvalue weighted by Crippen LogP contribution is -2.28. The molecule has 0 aromatic heterocycles. The van der Waals surface area contributed by atoms with Gasteiger partial charge < -0.3 is 14.6 Å². The van der Waals surface area contributed by atoms with Crippen molar-refractivity contribution in [3.63, 3.8) is 0 Å². The zero-order chi connectivity index (χ0) is 30.3. The second-order valence-corrected chi connectivity index (χ2v) is 13.2. The summed E-state index contributed by atoms with van der Waals surface area (Å²) in [4.78, 5) is 12.5. The Morgan fingerprint density at radius 1 is 0.833 bits per heavy atom. The Labute approximate surface area is 250 Å². The number of rotatable bonds is 7. The van der Waals surface area contributed by atoms with Gasteiger partial charge in [-0.25, -0.2) is 0 Å². The van der Waals surface area contributed by atoms with E-state index in [-0.39, 0.29) is 22.5 Å². The van der Waals surface area contributed by atoms with Gasteiger partial charge in [0, 0.05) is 17.3 Å². The number of hydrogen-bond donors (Lipinski definition) is 1. The quantitative estimate of drug-likeness (QED) is 0.230. The monoisotopic (exact) mass is 562 g/mol. The standard InChI is InChI=1S/C38H42O4/c1-8-36(2,3)35(40)41-32-19-14-28(15-20-32)37(4,5)29-10-9-11-33-25(23-29)22-26-24-30(16-21-34(26)42-33)38(6,7)27-12-17-31(39)18-13-27/h10-21,23-24,39H,8-9,22H2,1-7H3. The molecule has 42 heavy (non-hydrogen) atoms. The van der Waals surface area contributed by atoms with Crippen molar-refractivity contribution in [3.8, 4) is 17.2 Å². The third kappa shape index (κ3) is 5.68. The van der Waals surface area contributed by atoms with E-state index in [0.717, 1.165) is 41.9 Å². The first-order valence-corrected chi connectivity index (χ1v) is 14.9. The zero-order valence-electron chi connectivity index (χ0n) is 25.9. The van der Waals surface area contributed by atoms with Crippen molar-refractivity contribution < 1.29 is 19.4 Å². The number of fused-ring (bicyclic) bond motifs is 2. The minimum Gasteiger partial charge on any atom is -0.508 e. The van der Waals surface area contributed by atoms with E-state index in [2.05, 4.69) is 76.3 Å². The van der Waals surface area contributed by atoms with Crippen LogP contribution in [0.3, 0.4) is 0 Å². The van der Waals surface area contributed by atoms with Gasteiger partial charge >= 0.3 is 5.97 Å². The lowest BCUT2D eigenvalue weighted by Gasteiger charge is -2.30. The Balaban J connectivity index is 1.39. The van der Waals surface area contributed by atoms with Crippen LogP contribution in [0, 0.1) is 5.41 Å². The van der Waals surface area contributed by atoms with Gasteiger partial charge in [-0.1, -0.05) is 83.2 Å². The molecular weight excluding hydrogens is 520 g/mol. The van der Waals surface area contributed by atoms with E-state index in [4.69, 9.17) is 9.47 Å². The van der Waals surface area contributed by atoms with Gasteiger partial charge in [-0.05, 0) is 96.5 Å². The highest BCUT2D eigenvalue weighted by molar-refractivity contribution is 5.78. The van der Waals surface area contributed by atoms with E-state index < -0.39 is 5.41 Å². The maximum atomic E-state index is 12.5. The van der Waals surface area contributed by atoms with Crippen LogP contribution in [0.15, 0.2) is 102 Å². The highest BCUT2D eigenvalue weighted by Crippen LogP contribution is 2.42. The van der Waals surface area contributed by atoms with Gasteiger partial charge in [0.2, 0.25) is 0 Å². The van der Waals surface area contributed by atoms with Crippen LogP contribution in [0.2, 0.25) is 0 Å². The van der Waals surface area contributed by atoms with Crippen LogP contribution < -0.4 is 9.47 Å². The molecule has 1 aliphatic heterocycles. The number of carbonyl (C=O) groups excluding carboxylic acids is 1. The van der Waals surface area contributed by atoms with E-state index in [9.17, 15) is 9.90 Å². The average Bonchev–Trinajstić information content (AvgIpc) is 3.18. The fourth-order valence-corrected chi connectivity index (χ4v) is 5.49. The molecule has 0 amide bonds. The number of aromatic hydroxyl groups is 1. The van der Waals surface area contributed by atoms with Crippen molar-refractivity contribution >= 4 is 5.97 Å². The zero-order valence-corrected chi connectivity index (χ0v) is 25.9. The van der Waals surface area contributed by atoms with E-state index in [1.807, 2.05) is 45.0 Å². The highest BCUT2D eigenvalue weighted by atomic mass is 16.5. The first kappa shape index (κ1) is 29.4. The lowest BCUT2D eigenvalue weighted by molar-refractivity contribution is -0.144. The largest absolute Gasteiger partial charge is 0.508 e. The van der Waals surface area contributed by atoms with Gasteiger partial charge in [0.1, 0.15) is 23.0 Å². The average molecular weight is 563 g/mol. The number of phenolic OH excluding ortho intramolecular Hbond substituents is 1. The van der Waals surface area contributed by atoms with Crippen LogP contribution >= 0.6 is 0 Å². The smallest absolute Gasteiger partial charge is 0.316 e. The summed E-state index contributed by atoms with van der Waals surface area (Å²) >= 11 is 0. The van der Waals surface area contributed by atoms with Gasteiger partial charge in [0.25, 0.3) is 0 Å². The van der Waals surface area contributed by atoms with Crippen molar-refractivity contribution in [1.82, 2.24) is 0 Å². The first-order valence-electron chi connectivity index (χ1n) is 14.9. The molecule has 0 spiro atoms. The number of allylic oxidation sites excluding steroid dienone is 5. The minimum atomic E-state index is -0.511. The van der Waals surface area contributed by atoms with E-state index in [1.54, 1.807) is 12.1 Å². The molecule has 0 radical (unpaired) electrons. The summed E-state index contributed by atoms with van der Waals surface area (Å²) in [6.07, 6.45) is 9.04. The summed E-state index contributed by atoms with van der Waals surface area (Å²) in [7, 11) is 0. The Bertz CT molecular complexity index is 1580. The van der Waals surface area contributed by atoms with Gasteiger partial charge in [-0.2, -0.15) is 0 Å². The second kappa shape index (κ2) is 11.0. The molecule has 0 fully saturated rings. The van der Waals surface area contributed by atoms with Crippen LogP contribution in [0.5, 0.6) is 17.2 Å². The topological polar surface area (TPSA) is 55.8 Å². The van der Waals surface area contributed by atoms with E-state index >= 15 is 0 Å². The Morgan fingerprint density at radius 2 is 1.45 bits per heavy atom. The van der Waals surface area contributed by atoms with E-state index in [0.29, 0.717) is 5.75 Å². The number of hydrogen-bond acceptors (Lipinski definition) is 4. The molecule has 1 aliphatic carbocycles. The third-order valence-electron chi connectivity index (χ3n) is 9.20. The van der Waals surface area contributed by atoms with Crippen molar-refractivity contribution in [2.24, 2.45) is 5.41 Å². The summed E-state index contributed by atoms with van der Waals surface area (Å²) in [6.45, 7) is 14.7. The van der Waals surface area contributed by atoms with Gasteiger partial charge in [0.15, 0.2) is 0 Å². The molecule has 0 bridgehead atoms. The van der Waals surface area contributed by atoms with Gasteiger partial charge in [0.05, 0.1) is 5.41 Å². The van der Waals surface area contributed by atoms with Crippen LogP contribution in [0.25, 0.3) is 0 Å². The van der Waals surface area contributed by atoms with Gasteiger partial charge in [-0.3, -0.25) is 4.79 Å². The summed E-state index contributed by atoms with van der Waals surface area (Å²) in [5.74, 6) is 2.47. The summed E-state index contributed by atoms with van der Waals surface area (Å²) < 4.78 is 12.1. The predicted octanol–water partition coefficient (Wildman–Crippen LogP) is 9.11. The number of carbonyl (C=O) groups is 1. The van der Waals surface area contributed by atoms with Crippen molar-refractivity contribution in [2.45, 2.75) is 78.6 Å². The fourth-order valence-electron chi connectivity index (χ4n) is 5.49. The van der Waals surface area contributed by atoms with Crippen LogP contribution in [0.1, 0.15) is 83.6 Å². The lowest BCUT2D eigenvalue weighted by atomic mass is 9.76. The van der Waals surface area contributed by atoms with Gasteiger partial charge in [-0.15, -0.1) is 0 Å².